The van der Waals surface area contributed by atoms with Gasteiger partial charge in [0.1, 0.15) is 0 Å². The molecular weight excluding hydrogens is 210 g/mol. The molecule has 1 aliphatic rings. The van der Waals surface area contributed by atoms with Gasteiger partial charge >= 0.3 is 0 Å². The molecule has 1 aliphatic carbocycles. The van der Waals surface area contributed by atoms with Crippen molar-refractivity contribution in [2.24, 2.45) is 5.92 Å². The van der Waals surface area contributed by atoms with Crippen molar-refractivity contribution in [1.82, 2.24) is 4.90 Å². The summed E-state index contributed by atoms with van der Waals surface area (Å²) >= 11 is 0. The summed E-state index contributed by atoms with van der Waals surface area (Å²) in [5, 5.41) is 10.6. The molecule has 1 saturated carbocycles. The Morgan fingerprint density at radius 1 is 1.35 bits per heavy atom. The predicted molar refractivity (Wildman–Crippen MR) is 70.8 cm³/mol. The Hall–Kier alpha value is -0.860. The van der Waals surface area contributed by atoms with Crippen LogP contribution in [0.2, 0.25) is 0 Å². The van der Waals surface area contributed by atoms with E-state index in [0.717, 1.165) is 11.5 Å². The zero-order valence-electron chi connectivity index (χ0n) is 11.1. The van der Waals surface area contributed by atoms with Crippen molar-refractivity contribution in [3.05, 3.63) is 35.9 Å². The van der Waals surface area contributed by atoms with Crippen LogP contribution in [0.3, 0.4) is 0 Å². The number of aliphatic hydroxyl groups is 1. The topological polar surface area (TPSA) is 23.5 Å². The van der Waals surface area contributed by atoms with E-state index >= 15 is 0 Å². The van der Waals surface area contributed by atoms with Gasteiger partial charge < -0.3 is 10.0 Å². The van der Waals surface area contributed by atoms with Crippen molar-refractivity contribution in [3.8, 4) is 0 Å². The molecule has 0 bridgehead atoms. The predicted octanol–water partition coefficient (Wildman–Crippen LogP) is 2.62. The molecule has 0 amide bonds. The summed E-state index contributed by atoms with van der Waals surface area (Å²) in [6.07, 6.45) is 2.69. The SMILES string of the molecule is CC(C1CC1)N(C)CC(C)(O)c1ccccc1. The van der Waals surface area contributed by atoms with Gasteiger partial charge in [-0.1, -0.05) is 30.3 Å². The first-order chi connectivity index (χ1) is 8.00. The third-order valence-corrected chi connectivity index (χ3v) is 3.95. The highest BCUT2D eigenvalue weighted by atomic mass is 16.3. The normalized spacial score (nSPS) is 21.2. The second-order valence-corrected chi connectivity index (χ2v) is 5.63. The molecule has 0 aromatic heterocycles. The van der Waals surface area contributed by atoms with Crippen LogP contribution in [0.1, 0.15) is 32.3 Å². The summed E-state index contributed by atoms with van der Waals surface area (Å²) in [6.45, 7) is 4.85. The maximum atomic E-state index is 10.6. The molecule has 0 aliphatic heterocycles. The van der Waals surface area contributed by atoms with Crippen LogP contribution in [0.5, 0.6) is 0 Å². The Morgan fingerprint density at radius 3 is 2.47 bits per heavy atom. The van der Waals surface area contributed by atoms with Gasteiger partial charge in [-0.3, -0.25) is 0 Å². The van der Waals surface area contributed by atoms with E-state index in [-0.39, 0.29) is 0 Å². The van der Waals surface area contributed by atoms with Crippen LogP contribution in [0.15, 0.2) is 30.3 Å². The second kappa shape index (κ2) is 4.79. The monoisotopic (exact) mass is 233 g/mol. The van der Waals surface area contributed by atoms with E-state index in [4.69, 9.17) is 0 Å². The largest absolute Gasteiger partial charge is 0.384 e. The van der Waals surface area contributed by atoms with Crippen LogP contribution >= 0.6 is 0 Å². The number of hydrogen-bond acceptors (Lipinski definition) is 2. The molecule has 0 saturated heterocycles. The van der Waals surface area contributed by atoms with Crippen molar-refractivity contribution in [2.45, 2.75) is 38.3 Å². The number of benzene rings is 1. The standard InChI is InChI=1S/C15H23NO/c1-12(13-9-10-13)16(3)11-15(2,17)14-7-5-4-6-8-14/h4-8,12-13,17H,9-11H2,1-3H3. The average molecular weight is 233 g/mol. The maximum absolute atomic E-state index is 10.6. The van der Waals surface area contributed by atoms with E-state index < -0.39 is 5.60 Å². The van der Waals surface area contributed by atoms with Gasteiger partial charge in [-0.2, -0.15) is 0 Å². The first-order valence-corrected chi connectivity index (χ1v) is 6.49. The molecule has 0 spiro atoms. The zero-order chi connectivity index (χ0) is 12.5. The molecule has 17 heavy (non-hydrogen) atoms. The number of likely N-dealkylation sites (N-methyl/N-ethyl adjacent to an activating group) is 1. The van der Waals surface area contributed by atoms with E-state index in [1.807, 2.05) is 37.3 Å². The van der Waals surface area contributed by atoms with Gasteiger partial charge in [0.25, 0.3) is 0 Å². The highest BCUT2D eigenvalue weighted by Crippen LogP contribution is 2.35. The minimum Gasteiger partial charge on any atom is -0.384 e. The molecule has 1 fully saturated rings. The Morgan fingerprint density at radius 2 is 1.94 bits per heavy atom. The Kier molecular flexibility index (Phi) is 3.55. The lowest BCUT2D eigenvalue weighted by atomic mass is 9.95. The summed E-state index contributed by atoms with van der Waals surface area (Å²) in [5.74, 6) is 0.839. The summed E-state index contributed by atoms with van der Waals surface area (Å²) < 4.78 is 0. The van der Waals surface area contributed by atoms with Crippen LogP contribution in [0, 0.1) is 5.92 Å². The van der Waals surface area contributed by atoms with Crippen molar-refractivity contribution < 1.29 is 5.11 Å². The molecule has 1 aromatic carbocycles. The molecule has 2 rings (SSSR count). The number of hydrogen-bond donors (Lipinski definition) is 1. The molecule has 2 heteroatoms. The van der Waals surface area contributed by atoms with Gasteiger partial charge in [0, 0.05) is 12.6 Å². The first-order valence-electron chi connectivity index (χ1n) is 6.49. The summed E-state index contributed by atoms with van der Waals surface area (Å²) in [6, 6.07) is 10.5. The molecule has 2 atom stereocenters. The quantitative estimate of drug-likeness (QED) is 0.845. The molecule has 94 valence electrons. The molecule has 0 heterocycles. The van der Waals surface area contributed by atoms with Gasteiger partial charge in [-0.15, -0.1) is 0 Å². The Balaban J connectivity index is 2.01. The smallest absolute Gasteiger partial charge is 0.0994 e. The van der Waals surface area contributed by atoms with Gasteiger partial charge in [0.05, 0.1) is 5.60 Å². The summed E-state index contributed by atoms with van der Waals surface area (Å²) in [5.41, 5.74) is 0.231. The van der Waals surface area contributed by atoms with E-state index in [1.165, 1.54) is 12.8 Å². The van der Waals surface area contributed by atoms with Crippen LogP contribution in [0.25, 0.3) is 0 Å². The number of rotatable bonds is 5. The van der Waals surface area contributed by atoms with E-state index in [0.29, 0.717) is 12.6 Å². The first kappa shape index (κ1) is 12.6. The molecule has 2 unspecified atom stereocenters. The third kappa shape index (κ3) is 3.08. The molecule has 1 aromatic rings. The Labute approximate surface area is 104 Å². The lowest BCUT2D eigenvalue weighted by Gasteiger charge is -2.33. The molecule has 0 radical (unpaired) electrons. The van der Waals surface area contributed by atoms with Crippen molar-refractivity contribution >= 4 is 0 Å². The summed E-state index contributed by atoms with van der Waals surface area (Å²) in [4.78, 5) is 2.28. The molecular formula is C15H23NO. The zero-order valence-corrected chi connectivity index (χ0v) is 11.1. The van der Waals surface area contributed by atoms with E-state index in [2.05, 4.69) is 18.9 Å². The minimum atomic E-state index is -0.765. The van der Waals surface area contributed by atoms with Crippen LogP contribution in [0.4, 0.5) is 0 Å². The van der Waals surface area contributed by atoms with E-state index in [1.54, 1.807) is 0 Å². The highest BCUT2D eigenvalue weighted by Gasteiger charge is 2.33. The fraction of sp³-hybridized carbons (Fsp3) is 0.600. The Bertz CT molecular complexity index is 356. The lowest BCUT2D eigenvalue weighted by molar-refractivity contribution is 0.0109. The molecule has 2 nitrogen and oxygen atoms in total. The van der Waals surface area contributed by atoms with E-state index in [9.17, 15) is 5.11 Å². The number of nitrogens with zero attached hydrogens (tertiary/aromatic N) is 1. The highest BCUT2D eigenvalue weighted by molar-refractivity contribution is 5.21. The van der Waals surface area contributed by atoms with Gasteiger partial charge in [-0.25, -0.2) is 0 Å². The van der Waals surface area contributed by atoms with Gasteiger partial charge in [-0.05, 0) is 45.2 Å². The lowest BCUT2D eigenvalue weighted by Crippen LogP contribution is -2.41. The van der Waals surface area contributed by atoms with Crippen LogP contribution in [-0.2, 0) is 5.60 Å². The second-order valence-electron chi connectivity index (χ2n) is 5.63. The van der Waals surface area contributed by atoms with Gasteiger partial charge in [0.2, 0.25) is 0 Å². The molecule has 1 N–H and O–H groups in total. The van der Waals surface area contributed by atoms with Gasteiger partial charge in [0.15, 0.2) is 0 Å². The van der Waals surface area contributed by atoms with Crippen molar-refractivity contribution in [1.29, 1.82) is 0 Å². The third-order valence-electron chi connectivity index (χ3n) is 3.95. The average Bonchev–Trinajstić information content (AvgIpc) is 3.12. The fourth-order valence-corrected chi connectivity index (χ4v) is 2.46. The summed E-state index contributed by atoms with van der Waals surface area (Å²) in [7, 11) is 2.11. The maximum Gasteiger partial charge on any atom is 0.0994 e. The van der Waals surface area contributed by atoms with Crippen LogP contribution < -0.4 is 0 Å². The fourth-order valence-electron chi connectivity index (χ4n) is 2.46. The van der Waals surface area contributed by atoms with Crippen molar-refractivity contribution in [3.63, 3.8) is 0 Å². The minimum absolute atomic E-state index is 0.574. The van der Waals surface area contributed by atoms with Crippen LogP contribution in [-0.4, -0.2) is 29.6 Å². The van der Waals surface area contributed by atoms with Crippen molar-refractivity contribution in [2.75, 3.05) is 13.6 Å².